The molecule has 1 aliphatic carbocycles. The van der Waals surface area contributed by atoms with E-state index in [0.29, 0.717) is 55.6 Å². The Morgan fingerprint density at radius 2 is 1.69 bits per heavy atom. The molecular weight excluding hydrogens is 597 g/mol. The highest BCUT2D eigenvalue weighted by Gasteiger charge is 2.52. The van der Waals surface area contributed by atoms with Crippen molar-refractivity contribution in [2.75, 3.05) is 32.7 Å². The van der Waals surface area contributed by atoms with Gasteiger partial charge in [0, 0.05) is 54.7 Å². The Morgan fingerprint density at radius 3 is 2.26 bits per heavy atom. The summed E-state index contributed by atoms with van der Waals surface area (Å²) in [5.74, 6) is -1.40. The average molecular weight is 637 g/mol. The zero-order chi connectivity index (χ0) is 30.2. The van der Waals surface area contributed by atoms with E-state index in [9.17, 15) is 23.1 Å². The first-order valence-corrected chi connectivity index (χ1v) is 17.0. The van der Waals surface area contributed by atoms with Crippen molar-refractivity contribution in [3.63, 3.8) is 0 Å². The van der Waals surface area contributed by atoms with E-state index in [-0.39, 0.29) is 35.6 Å². The average Bonchev–Trinajstić information content (AvgIpc) is 3.80. The van der Waals surface area contributed by atoms with Gasteiger partial charge in [-0.25, -0.2) is 8.42 Å². The second kappa shape index (κ2) is 12.4. The van der Waals surface area contributed by atoms with E-state index in [4.69, 9.17) is 23.2 Å². The van der Waals surface area contributed by atoms with Crippen molar-refractivity contribution in [2.24, 2.45) is 5.41 Å². The summed E-state index contributed by atoms with van der Waals surface area (Å²) in [5, 5.41) is 10.8. The van der Waals surface area contributed by atoms with E-state index in [1.807, 2.05) is 60.4 Å². The van der Waals surface area contributed by atoms with Crippen LogP contribution in [0.2, 0.25) is 10.0 Å². The van der Waals surface area contributed by atoms with Gasteiger partial charge in [0.25, 0.3) is 0 Å². The highest BCUT2D eigenvalue weighted by Crippen LogP contribution is 2.52. The molecule has 4 atom stereocenters. The number of nitrogens with zero attached hydrogens (tertiary/aromatic N) is 3. The molecule has 0 spiro atoms. The van der Waals surface area contributed by atoms with Gasteiger partial charge in [-0.1, -0.05) is 61.3 Å². The van der Waals surface area contributed by atoms with Gasteiger partial charge in [-0.3, -0.25) is 14.5 Å². The lowest BCUT2D eigenvalue weighted by Gasteiger charge is -2.52. The second-order valence-corrected chi connectivity index (χ2v) is 15.3. The zero-order valence-corrected chi connectivity index (χ0v) is 26.4. The van der Waals surface area contributed by atoms with Crippen LogP contribution >= 0.6 is 23.2 Å². The first kappa shape index (κ1) is 31.3. The van der Waals surface area contributed by atoms with Gasteiger partial charge in [0.05, 0.1) is 23.1 Å². The first-order chi connectivity index (χ1) is 19.9. The van der Waals surface area contributed by atoms with Crippen molar-refractivity contribution < 1.29 is 23.1 Å². The monoisotopic (exact) mass is 635 g/mol. The summed E-state index contributed by atoms with van der Waals surface area (Å²) in [6.07, 6.45) is 2.22. The molecule has 3 aliphatic rings. The van der Waals surface area contributed by atoms with Crippen LogP contribution in [0, 0.1) is 5.41 Å². The van der Waals surface area contributed by atoms with Gasteiger partial charge in [0.2, 0.25) is 15.9 Å². The topological polar surface area (TPSA) is 98.2 Å². The molecule has 0 aromatic heterocycles. The number of aliphatic carboxylic acids is 1. The van der Waals surface area contributed by atoms with Crippen LogP contribution in [0.15, 0.2) is 48.5 Å². The Kier molecular flexibility index (Phi) is 9.26. The highest BCUT2D eigenvalue weighted by atomic mass is 35.5. The molecule has 1 amide bonds. The van der Waals surface area contributed by atoms with Crippen molar-refractivity contribution >= 4 is 45.1 Å². The normalized spacial score (nSPS) is 26.8. The minimum absolute atomic E-state index is 0.176. The third kappa shape index (κ3) is 6.50. The Balaban J connectivity index is 1.50. The van der Waals surface area contributed by atoms with E-state index in [0.717, 1.165) is 24.0 Å². The minimum atomic E-state index is -3.23. The van der Waals surface area contributed by atoms with Gasteiger partial charge in [0.1, 0.15) is 0 Å². The third-order valence-corrected chi connectivity index (χ3v) is 12.0. The number of likely N-dealkylation sites (tertiary alicyclic amines) is 1. The number of hydrogen-bond acceptors (Lipinski definition) is 5. The third-order valence-electron chi connectivity index (χ3n) is 9.10. The number of carbonyl (C=O) groups excluding carboxylic acids is 1. The molecular formula is C31H39Cl2N3O5S. The molecule has 228 valence electrons. The molecule has 2 aliphatic heterocycles. The summed E-state index contributed by atoms with van der Waals surface area (Å²) in [5.41, 5.74) is 0.755. The molecule has 42 heavy (non-hydrogen) atoms. The molecule has 2 aromatic carbocycles. The molecule has 3 fully saturated rings. The highest BCUT2D eigenvalue weighted by molar-refractivity contribution is 7.90. The summed E-state index contributed by atoms with van der Waals surface area (Å²) in [7, 11) is -3.23. The molecule has 1 N–H and O–H groups in total. The number of benzene rings is 2. The van der Waals surface area contributed by atoms with Crippen LogP contribution in [0.1, 0.15) is 69.0 Å². The van der Waals surface area contributed by atoms with Gasteiger partial charge >= 0.3 is 5.97 Å². The summed E-state index contributed by atoms with van der Waals surface area (Å²) < 4.78 is 27.2. The van der Waals surface area contributed by atoms with Crippen molar-refractivity contribution in [3.8, 4) is 0 Å². The van der Waals surface area contributed by atoms with E-state index in [1.165, 1.54) is 0 Å². The Hall–Kier alpha value is -2.17. The van der Waals surface area contributed by atoms with Crippen LogP contribution in [0.5, 0.6) is 0 Å². The molecule has 8 nitrogen and oxygen atoms in total. The summed E-state index contributed by atoms with van der Waals surface area (Å²) in [4.78, 5) is 30.7. The molecule has 2 saturated heterocycles. The first-order valence-electron chi connectivity index (χ1n) is 14.7. The van der Waals surface area contributed by atoms with Gasteiger partial charge in [-0.05, 0) is 61.1 Å². The molecule has 2 heterocycles. The minimum Gasteiger partial charge on any atom is -0.481 e. The molecule has 0 bridgehead atoms. The van der Waals surface area contributed by atoms with Crippen LogP contribution < -0.4 is 0 Å². The van der Waals surface area contributed by atoms with Crippen LogP contribution in [0.3, 0.4) is 0 Å². The summed E-state index contributed by atoms with van der Waals surface area (Å²) in [6.45, 7) is 6.41. The maximum absolute atomic E-state index is 14.5. The Bertz CT molecular complexity index is 1410. The SMILES string of the molecule is CC[C@@H](CN1CCN(S(=O)(=O)C2CC2)CC1)N1C(=O)[C@@](C)(CC(=O)O)C[C@H](c2cccc(Cl)c2)[C@H]1c1ccc(Cl)cc1. The number of piperidine rings is 1. The van der Waals surface area contributed by atoms with Gasteiger partial charge in [0.15, 0.2) is 0 Å². The van der Waals surface area contributed by atoms with Crippen molar-refractivity contribution in [1.82, 2.24) is 14.1 Å². The Labute approximate surface area is 258 Å². The number of sulfonamides is 1. The fraction of sp³-hybridized carbons (Fsp3) is 0.548. The number of piperazine rings is 1. The summed E-state index contributed by atoms with van der Waals surface area (Å²) >= 11 is 12.7. The second-order valence-electron chi connectivity index (χ2n) is 12.2. The maximum atomic E-state index is 14.5. The largest absolute Gasteiger partial charge is 0.481 e. The molecule has 0 radical (unpaired) electrons. The predicted molar refractivity (Wildman–Crippen MR) is 164 cm³/mol. The van der Waals surface area contributed by atoms with Crippen molar-refractivity contribution in [1.29, 1.82) is 0 Å². The summed E-state index contributed by atoms with van der Waals surface area (Å²) in [6, 6.07) is 14.5. The molecule has 11 heteroatoms. The van der Waals surface area contributed by atoms with Crippen LogP contribution in [0.25, 0.3) is 0 Å². The fourth-order valence-corrected chi connectivity index (χ4v) is 8.89. The van der Waals surface area contributed by atoms with Crippen molar-refractivity contribution in [3.05, 3.63) is 69.7 Å². The fourth-order valence-electron chi connectivity index (χ4n) is 6.74. The number of amides is 1. The predicted octanol–water partition coefficient (Wildman–Crippen LogP) is 5.42. The molecule has 2 aromatic rings. The van der Waals surface area contributed by atoms with Gasteiger partial charge < -0.3 is 10.0 Å². The van der Waals surface area contributed by atoms with Crippen LogP contribution in [-0.2, 0) is 19.6 Å². The number of hydrogen-bond donors (Lipinski definition) is 1. The van der Waals surface area contributed by atoms with Crippen LogP contribution in [-0.4, -0.2) is 83.5 Å². The zero-order valence-electron chi connectivity index (χ0n) is 24.1. The number of carbonyl (C=O) groups is 2. The maximum Gasteiger partial charge on any atom is 0.304 e. The van der Waals surface area contributed by atoms with E-state index in [2.05, 4.69) is 4.90 Å². The number of carboxylic acids is 1. The lowest BCUT2D eigenvalue weighted by molar-refractivity contribution is -0.161. The van der Waals surface area contributed by atoms with Crippen molar-refractivity contribution in [2.45, 2.75) is 69.2 Å². The number of halogens is 2. The lowest BCUT2D eigenvalue weighted by Crippen LogP contribution is -2.59. The molecule has 0 unspecified atom stereocenters. The smallest absolute Gasteiger partial charge is 0.304 e. The quantitative estimate of drug-likeness (QED) is 0.374. The lowest BCUT2D eigenvalue weighted by atomic mass is 9.67. The number of carboxylic acid groups (broad SMARTS) is 1. The van der Waals surface area contributed by atoms with E-state index < -0.39 is 21.4 Å². The Morgan fingerprint density at radius 1 is 1.02 bits per heavy atom. The standard InChI is InChI=1S/C31H39Cl2N3O5S/c1-3-25(20-34-13-15-35(16-14-34)42(40,41)26-11-12-26)36-29(21-7-9-23(32)10-8-21)27(22-5-4-6-24(33)17-22)18-31(2,30(36)39)19-28(37)38/h4-10,17,25-27,29H,3,11-16,18-20H2,1-2H3,(H,37,38)/t25-,27+,29+,31+/m0/s1. The molecule has 1 saturated carbocycles. The number of rotatable bonds is 10. The van der Waals surface area contributed by atoms with Gasteiger partial charge in [-0.15, -0.1) is 0 Å². The molecule has 5 rings (SSSR count). The van der Waals surface area contributed by atoms with Gasteiger partial charge in [-0.2, -0.15) is 4.31 Å². The van der Waals surface area contributed by atoms with E-state index >= 15 is 0 Å². The van der Waals surface area contributed by atoms with Crippen LogP contribution in [0.4, 0.5) is 0 Å². The van der Waals surface area contributed by atoms with E-state index in [1.54, 1.807) is 11.2 Å².